The van der Waals surface area contributed by atoms with Gasteiger partial charge in [0, 0.05) is 25.3 Å². The molecule has 0 unspecified atom stereocenters. The Hall–Kier alpha value is -1.65. The molecule has 20 heavy (non-hydrogen) atoms. The predicted molar refractivity (Wildman–Crippen MR) is 79.4 cm³/mol. The normalized spacial score (nSPS) is 11.3. The molecule has 0 saturated heterocycles. The smallest absolute Gasteiger partial charge is 0.257 e. The molecule has 0 bridgehead atoms. The number of hydrogen-bond donors (Lipinski definition) is 1. The monoisotopic (exact) mass is 281 g/mol. The lowest BCUT2D eigenvalue weighted by molar-refractivity contribution is 0.0615. The standard InChI is InChI=1S/C15H24FN3O/c1-6-9-17-13-12(16)11(8-10-18-13)14(20)19(5)15(3,4)7-2/h8,10H,6-7,9H2,1-5H3,(H,17,18). The summed E-state index contributed by atoms with van der Waals surface area (Å²) >= 11 is 0. The number of carbonyl (C=O) groups excluding carboxylic acids is 1. The van der Waals surface area contributed by atoms with E-state index < -0.39 is 5.82 Å². The second-order valence-electron chi connectivity index (χ2n) is 5.48. The van der Waals surface area contributed by atoms with E-state index in [1.165, 1.54) is 12.3 Å². The molecule has 0 saturated carbocycles. The minimum absolute atomic E-state index is 0.0580. The van der Waals surface area contributed by atoms with Gasteiger partial charge in [-0.2, -0.15) is 0 Å². The first kappa shape index (κ1) is 16.4. The van der Waals surface area contributed by atoms with Crippen molar-refractivity contribution >= 4 is 11.7 Å². The minimum Gasteiger partial charge on any atom is -0.368 e. The summed E-state index contributed by atoms with van der Waals surface area (Å²) in [6.07, 6.45) is 3.12. The van der Waals surface area contributed by atoms with Gasteiger partial charge in [-0.3, -0.25) is 4.79 Å². The van der Waals surface area contributed by atoms with E-state index in [1.807, 2.05) is 27.7 Å². The average Bonchev–Trinajstić information content (AvgIpc) is 2.44. The van der Waals surface area contributed by atoms with Crippen LogP contribution in [-0.4, -0.2) is 34.9 Å². The van der Waals surface area contributed by atoms with Gasteiger partial charge in [-0.05, 0) is 32.8 Å². The molecule has 0 spiro atoms. The molecule has 0 fully saturated rings. The van der Waals surface area contributed by atoms with Crippen molar-refractivity contribution in [1.29, 1.82) is 0 Å². The van der Waals surface area contributed by atoms with Crippen LogP contribution in [0.25, 0.3) is 0 Å². The highest BCUT2D eigenvalue weighted by atomic mass is 19.1. The molecule has 4 nitrogen and oxygen atoms in total. The molecule has 1 aromatic heterocycles. The summed E-state index contributed by atoms with van der Waals surface area (Å²) in [5.41, 5.74) is -0.258. The van der Waals surface area contributed by atoms with E-state index in [0.717, 1.165) is 12.8 Å². The molecule has 0 aliphatic rings. The predicted octanol–water partition coefficient (Wildman–Crippen LogP) is 3.30. The molecule has 0 aliphatic carbocycles. The number of pyridine rings is 1. The van der Waals surface area contributed by atoms with Crippen LogP contribution >= 0.6 is 0 Å². The zero-order chi connectivity index (χ0) is 15.3. The van der Waals surface area contributed by atoms with Crippen molar-refractivity contribution in [2.45, 2.75) is 46.1 Å². The van der Waals surface area contributed by atoms with Gasteiger partial charge < -0.3 is 10.2 Å². The third-order valence-corrected chi connectivity index (χ3v) is 3.74. The van der Waals surface area contributed by atoms with Crippen LogP contribution in [0.5, 0.6) is 0 Å². The van der Waals surface area contributed by atoms with Crippen LogP contribution in [0.2, 0.25) is 0 Å². The Morgan fingerprint density at radius 2 is 2.10 bits per heavy atom. The summed E-state index contributed by atoms with van der Waals surface area (Å²) in [6, 6.07) is 1.43. The van der Waals surface area contributed by atoms with Gasteiger partial charge >= 0.3 is 0 Å². The van der Waals surface area contributed by atoms with Crippen molar-refractivity contribution in [2.24, 2.45) is 0 Å². The van der Waals surface area contributed by atoms with Crippen molar-refractivity contribution in [1.82, 2.24) is 9.88 Å². The maximum atomic E-state index is 14.3. The fraction of sp³-hybridized carbons (Fsp3) is 0.600. The number of rotatable bonds is 6. The van der Waals surface area contributed by atoms with Gasteiger partial charge in [-0.1, -0.05) is 13.8 Å². The average molecular weight is 281 g/mol. The largest absolute Gasteiger partial charge is 0.368 e. The van der Waals surface area contributed by atoms with Crippen LogP contribution in [0.4, 0.5) is 10.2 Å². The molecule has 1 heterocycles. The summed E-state index contributed by atoms with van der Waals surface area (Å²) in [6.45, 7) is 8.52. The third-order valence-electron chi connectivity index (χ3n) is 3.74. The SMILES string of the molecule is CCCNc1nccc(C(=O)N(C)C(C)(C)CC)c1F. The lowest BCUT2D eigenvalue weighted by Gasteiger charge is -2.35. The zero-order valence-electron chi connectivity index (χ0n) is 13.0. The van der Waals surface area contributed by atoms with Crippen LogP contribution < -0.4 is 5.32 Å². The fourth-order valence-electron chi connectivity index (χ4n) is 1.67. The molecule has 1 rings (SSSR count). The first-order valence-corrected chi connectivity index (χ1v) is 7.01. The van der Waals surface area contributed by atoms with E-state index in [9.17, 15) is 9.18 Å². The zero-order valence-corrected chi connectivity index (χ0v) is 13.0. The van der Waals surface area contributed by atoms with E-state index in [2.05, 4.69) is 10.3 Å². The number of nitrogens with zero attached hydrogens (tertiary/aromatic N) is 2. The quantitative estimate of drug-likeness (QED) is 0.870. The summed E-state index contributed by atoms with van der Waals surface area (Å²) in [5.74, 6) is -0.763. The van der Waals surface area contributed by atoms with Gasteiger partial charge in [0.15, 0.2) is 11.6 Å². The molecule has 0 aliphatic heterocycles. The first-order valence-electron chi connectivity index (χ1n) is 7.01. The molecular formula is C15H24FN3O. The van der Waals surface area contributed by atoms with E-state index in [1.54, 1.807) is 11.9 Å². The van der Waals surface area contributed by atoms with E-state index in [4.69, 9.17) is 0 Å². The molecule has 0 atom stereocenters. The van der Waals surface area contributed by atoms with E-state index in [0.29, 0.717) is 6.54 Å². The Morgan fingerprint density at radius 3 is 2.65 bits per heavy atom. The number of anilines is 1. The van der Waals surface area contributed by atoms with Gasteiger partial charge in [0.25, 0.3) is 5.91 Å². The molecule has 112 valence electrons. The molecule has 1 amide bonds. The molecule has 0 radical (unpaired) electrons. The molecule has 1 aromatic rings. The summed E-state index contributed by atoms with van der Waals surface area (Å²) in [4.78, 5) is 17.9. The van der Waals surface area contributed by atoms with Crippen molar-refractivity contribution in [3.63, 3.8) is 0 Å². The maximum Gasteiger partial charge on any atom is 0.257 e. The summed E-state index contributed by atoms with van der Waals surface area (Å²) in [5, 5.41) is 2.89. The van der Waals surface area contributed by atoms with E-state index >= 15 is 0 Å². The van der Waals surface area contributed by atoms with Gasteiger partial charge in [0.2, 0.25) is 0 Å². The lowest BCUT2D eigenvalue weighted by Crippen LogP contribution is -2.44. The van der Waals surface area contributed by atoms with Gasteiger partial charge in [0.1, 0.15) is 0 Å². The number of carbonyl (C=O) groups is 1. The lowest BCUT2D eigenvalue weighted by atomic mass is 9.99. The topological polar surface area (TPSA) is 45.2 Å². The summed E-state index contributed by atoms with van der Waals surface area (Å²) < 4.78 is 14.3. The van der Waals surface area contributed by atoms with Gasteiger partial charge in [0.05, 0.1) is 5.56 Å². The van der Waals surface area contributed by atoms with Crippen molar-refractivity contribution in [2.75, 3.05) is 18.9 Å². The molecule has 1 N–H and O–H groups in total. The number of aromatic nitrogens is 1. The molecular weight excluding hydrogens is 257 g/mol. The van der Waals surface area contributed by atoms with Crippen molar-refractivity contribution < 1.29 is 9.18 Å². The highest BCUT2D eigenvalue weighted by Crippen LogP contribution is 2.22. The van der Waals surface area contributed by atoms with E-state index in [-0.39, 0.29) is 22.8 Å². The number of nitrogens with one attached hydrogen (secondary N) is 1. The number of hydrogen-bond acceptors (Lipinski definition) is 3. The van der Waals surface area contributed by atoms with Crippen LogP contribution in [0.15, 0.2) is 12.3 Å². The maximum absolute atomic E-state index is 14.3. The van der Waals surface area contributed by atoms with Crippen molar-refractivity contribution in [3.05, 3.63) is 23.6 Å². The summed E-state index contributed by atoms with van der Waals surface area (Å²) in [7, 11) is 1.70. The van der Waals surface area contributed by atoms with Crippen LogP contribution in [0.1, 0.15) is 50.9 Å². The Bertz CT molecular complexity index is 474. The Balaban J connectivity index is 3.05. The second kappa shape index (κ2) is 6.68. The van der Waals surface area contributed by atoms with Crippen molar-refractivity contribution in [3.8, 4) is 0 Å². The number of halogens is 1. The first-order chi connectivity index (χ1) is 9.35. The molecule has 5 heteroatoms. The highest BCUT2D eigenvalue weighted by Gasteiger charge is 2.28. The van der Waals surface area contributed by atoms with Gasteiger partial charge in [-0.15, -0.1) is 0 Å². The van der Waals surface area contributed by atoms with Crippen LogP contribution in [-0.2, 0) is 0 Å². The fourth-order valence-corrected chi connectivity index (χ4v) is 1.67. The Labute approximate surface area is 120 Å². The van der Waals surface area contributed by atoms with Crippen LogP contribution in [0, 0.1) is 5.82 Å². The van der Waals surface area contributed by atoms with Crippen LogP contribution in [0.3, 0.4) is 0 Å². The molecule has 0 aromatic carbocycles. The third kappa shape index (κ3) is 3.46. The second-order valence-corrected chi connectivity index (χ2v) is 5.48. The van der Waals surface area contributed by atoms with Gasteiger partial charge in [-0.25, -0.2) is 9.37 Å². The minimum atomic E-state index is -0.579. The Kier molecular flexibility index (Phi) is 5.48. The Morgan fingerprint density at radius 1 is 1.45 bits per heavy atom. The highest BCUT2D eigenvalue weighted by molar-refractivity contribution is 5.95. The number of amides is 1.